The van der Waals surface area contributed by atoms with Gasteiger partial charge < -0.3 is 15.7 Å². The molecule has 1 fully saturated rings. The fourth-order valence-electron chi connectivity index (χ4n) is 2.83. The Morgan fingerprint density at radius 1 is 1.32 bits per heavy atom. The average molecular weight is 266 g/mol. The number of hydrogen-bond donors (Lipinski definition) is 3. The minimum Gasteiger partial charge on any atom is -0.481 e. The Morgan fingerprint density at radius 3 is 2.63 bits per heavy atom. The predicted octanol–water partition coefficient (Wildman–Crippen LogP) is 2.18. The highest BCUT2D eigenvalue weighted by Gasteiger charge is 2.40. The summed E-state index contributed by atoms with van der Waals surface area (Å²) in [7, 11) is 0. The molecule has 0 aromatic rings. The molecule has 106 valence electrons. The molecule has 0 aromatic heterocycles. The molecule has 2 aliphatic carbocycles. The summed E-state index contributed by atoms with van der Waals surface area (Å²) < 4.78 is 0. The summed E-state index contributed by atoms with van der Waals surface area (Å²) in [6.07, 6.45) is 9.21. The molecular formula is C14H22N2O3. The van der Waals surface area contributed by atoms with E-state index in [4.69, 9.17) is 5.11 Å². The Kier molecular flexibility index (Phi) is 4.45. The number of aliphatic carboxylic acids is 1. The number of amides is 2. The zero-order valence-corrected chi connectivity index (χ0v) is 11.2. The highest BCUT2D eigenvalue weighted by molar-refractivity contribution is 5.77. The first-order chi connectivity index (χ1) is 9.10. The molecule has 0 atom stereocenters. The summed E-state index contributed by atoms with van der Waals surface area (Å²) in [6, 6.07) is -0.237. The molecule has 2 aliphatic rings. The van der Waals surface area contributed by atoms with Gasteiger partial charge in [-0.25, -0.2) is 4.79 Å². The van der Waals surface area contributed by atoms with E-state index in [9.17, 15) is 9.59 Å². The highest BCUT2D eigenvalue weighted by atomic mass is 16.4. The van der Waals surface area contributed by atoms with Gasteiger partial charge in [0, 0.05) is 6.54 Å². The van der Waals surface area contributed by atoms with Crippen LogP contribution < -0.4 is 10.6 Å². The smallest absolute Gasteiger partial charge is 0.315 e. The summed E-state index contributed by atoms with van der Waals surface area (Å²) >= 11 is 0. The van der Waals surface area contributed by atoms with Crippen molar-refractivity contribution in [2.24, 2.45) is 0 Å². The SMILES string of the molecule is O=C(O)CC1(NC(=O)NCCC2=CCCC2)CCC1. The number of carbonyl (C=O) groups is 2. The van der Waals surface area contributed by atoms with Gasteiger partial charge in [0.25, 0.3) is 0 Å². The first kappa shape index (κ1) is 13.9. The van der Waals surface area contributed by atoms with E-state index in [2.05, 4.69) is 16.7 Å². The van der Waals surface area contributed by atoms with Gasteiger partial charge in [0.1, 0.15) is 0 Å². The van der Waals surface area contributed by atoms with Crippen molar-refractivity contribution in [1.29, 1.82) is 0 Å². The third-order valence-corrected chi connectivity index (χ3v) is 4.05. The minimum absolute atomic E-state index is 0.0194. The van der Waals surface area contributed by atoms with Crippen LogP contribution in [0, 0.1) is 0 Å². The van der Waals surface area contributed by atoms with E-state index in [1.165, 1.54) is 12.0 Å². The lowest BCUT2D eigenvalue weighted by atomic mass is 9.74. The summed E-state index contributed by atoms with van der Waals surface area (Å²) in [6.45, 7) is 0.626. The lowest BCUT2D eigenvalue weighted by Crippen LogP contribution is -2.57. The Morgan fingerprint density at radius 2 is 2.11 bits per heavy atom. The van der Waals surface area contributed by atoms with E-state index in [1.807, 2.05) is 0 Å². The van der Waals surface area contributed by atoms with Crippen LogP contribution in [0.4, 0.5) is 4.79 Å². The van der Waals surface area contributed by atoms with Crippen LogP contribution in [-0.4, -0.2) is 29.2 Å². The Bertz CT molecular complexity index is 386. The third-order valence-electron chi connectivity index (χ3n) is 4.05. The summed E-state index contributed by atoms with van der Waals surface area (Å²) in [5.74, 6) is -0.851. The van der Waals surface area contributed by atoms with Gasteiger partial charge in [-0.3, -0.25) is 4.79 Å². The van der Waals surface area contributed by atoms with Crippen molar-refractivity contribution < 1.29 is 14.7 Å². The number of nitrogens with one attached hydrogen (secondary N) is 2. The molecule has 5 nitrogen and oxygen atoms in total. The van der Waals surface area contributed by atoms with E-state index in [-0.39, 0.29) is 12.5 Å². The number of rotatable bonds is 6. The summed E-state index contributed by atoms with van der Waals surface area (Å²) in [5.41, 5.74) is 0.909. The predicted molar refractivity (Wildman–Crippen MR) is 71.9 cm³/mol. The van der Waals surface area contributed by atoms with Crippen molar-refractivity contribution >= 4 is 12.0 Å². The van der Waals surface area contributed by atoms with Crippen molar-refractivity contribution in [3.8, 4) is 0 Å². The lowest BCUT2D eigenvalue weighted by Gasteiger charge is -2.41. The molecule has 0 bridgehead atoms. The van der Waals surface area contributed by atoms with Gasteiger partial charge in [-0.15, -0.1) is 0 Å². The number of carboxylic acid groups (broad SMARTS) is 1. The van der Waals surface area contributed by atoms with Crippen molar-refractivity contribution in [3.05, 3.63) is 11.6 Å². The molecule has 0 heterocycles. The van der Waals surface area contributed by atoms with Crippen molar-refractivity contribution in [2.75, 3.05) is 6.54 Å². The number of hydrogen-bond acceptors (Lipinski definition) is 2. The van der Waals surface area contributed by atoms with Crippen LogP contribution in [0.5, 0.6) is 0 Å². The molecule has 1 saturated carbocycles. The van der Waals surface area contributed by atoms with Crippen molar-refractivity contribution in [2.45, 2.75) is 56.9 Å². The van der Waals surface area contributed by atoms with E-state index >= 15 is 0 Å². The summed E-state index contributed by atoms with van der Waals surface area (Å²) in [4.78, 5) is 22.6. The lowest BCUT2D eigenvalue weighted by molar-refractivity contribution is -0.139. The standard InChI is InChI=1S/C14H22N2O3/c17-12(18)10-14(7-3-8-14)16-13(19)15-9-6-11-4-1-2-5-11/h4H,1-3,5-10H2,(H,17,18)(H2,15,16,19). The molecule has 0 unspecified atom stereocenters. The molecule has 0 radical (unpaired) electrons. The van der Waals surface area contributed by atoms with E-state index in [0.717, 1.165) is 38.5 Å². The third kappa shape index (κ3) is 3.98. The molecule has 19 heavy (non-hydrogen) atoms. The average Bonchev–Trinajstić information content (AvgIpc) is 2.78. The fourth-order valence-corrected chi connectivity index (χ4v) is 2.83. The molecule has 3 N–H and O–H groups in total. The maximum absolute atomic E-state index is 11.8. The zero-order chi connectivity index (χ0) is 13.7. The van der Waals surface area contributed by atoms with Crippen molar-refractivity contribution in [3.63, 3.8) is 0 Å². The zero-order valence-electron chi connectivity index (χ0n) is 11.2. The maximum Gasteiger partial charge on any atom is 0.315 e. The minimum atomic E-state index is -0.851. The summed E-state index contributed by atoms with van der Waals surface area (Å²) in [5, 5.41) is 14.5. The van der Waals surface area contributed by atoms with Crippen LogP contribution in [0.1, 0.15) is 51.4 Å². The Balaban J connectivity index is 1.69. The second-order valence-corrected chi connectivity index (χ2v) is 5.59. The van der Waals surface area contributed by atoms with Gasteiger partial charge in [-0.1, -0.05) is 11.6 Å². The normalized spacial score (nSPS) is 20.3. The van der Waals surface area contributed by atoms with Crippen LogP contribution >= 0.6 is 0 Å². The first-order valence-electron chi connectivity index (χ1n) is 7.05. The topological polar surface area (TPSA) is 78.4 Å². The van der Waals surface area contributed by atoms with Gasteiger partial charge in [0.2, 0.25) is 0 Å². The molecule has 0 aliphatic heterocycles. The number of allylic oxidation sites excluding steroid dienone is 1. The van der Waals surface area contributed by atoms with E-state index in [0.29, 0.717) is 6.54 Å². The number of urea groups is 1. The van der Waals surface area contributed by atoms with E-state index in [1.54, 1.807) is 0 Å². The fraction of sp³-hybridized carbons (Fsp3) is 0.714. The number of carbonyl (C=O) groups excluding carboxylic acids is 1. The van der Waals surface area contributed by atoms with Gasteiger partial charge >= 0.3 is 12.0 Å². The molecule has 2 amide bonds. The van der Waals surface area contributed by atoms with Gasteiger partial charge in [-0.2, -0.15) is 0 Å². The first-order valence-corrected chi connectivity index (χ1v) is 7.05. The van der Waals surface area contributed by atoms with Crippen LogP contribution in [0.3, 0.4) is 0 Å². The second kappa shape index (κ2) is 6.08. The molecule has 0 aromatic carbocycles. The molecule has 2 rings (SSSR count). The van der Waals surface area contributed by atoms with Crippen LogP contribution in [-0.2, 0) is 4.79 Å². The molecule has 0 spiro atoms. The van der Waals surface area contributed by atoms with Gasteiger partial charge in [-0.05, 0) is 44.9 Å². The Hall–Kier alpha value is -1.52. The van der Waals surface area contributed by atoms with Crippen molar-refractivity contribution in [1.82, 2.24) is 10.6 Å². The second-order valence-electron chi connectivity index (χ2n) is 5.59. The Labute approximate surface area is 113 Å². The monoisotopic (exact) mass is 266 g/mol. The number of carboxylic acids is 1. The van der Waals surface area contributed by atoms with Gasteiger partial charge in [0.05, 0.1) is 12.0 Å². The molecule has 0 saturated heterocycles. The van der Waals surface area contributed by atoms with Crippen LogP contribution in [0.2, 0.25) is 0 Å². The quantitative estimate of drug-likeness (QED) is 0.645. The van der Waals surface area contributed by atoms with Crippen LogP contribution in [0.25, 0.3) is 0 Å². The highest BCUT2D eigenvalue weighted by Crippen LogP contribution is 2.34. The van der Waals surface area contributed by atoms with Gasteiger partial charge in [0.15, 0.2) is 0 Å². The maximum atomic E-state index is 11.8. The molecular weight excluding hydrogens is 244 g/mol. The van der Waals surface area contributed by atoms with E-state index < -0.39 is 11.5 Å². The molecule has 5 heteroatoms. The van der Waals surface area contributed by atoms with Crippen LogP contribution in [0.15, 0.2) is 11.6 Å². The largest absolute Gasteiger partial charge is 0.481 e.